The Balaban J connectivity index is 2.57. The molecule has 0 spiro atoms. The second-order valence-electron chi connectivity index (χ2n) is 24.3. The molecule has 0 aromatic heterocycles. The molecule has 1 saturated heterocycles. The molecule has 0 bridgehead atoms. The number of aliphatic hydroxyl groups is 5. The van der Waals surface area contributed by atoms with Crippen molar-refractivity contribution in [3.8, 4) is 0 Å². The van der Waals surface area contributed by atoms with E-state index in [2.05, 4.69) is 99.0 Å². The van der Waals surface area contributed by atoms with Crippen LogP contribution in [0.5, 0.6) is 0 Å². The lowest BCUT2D eigenvalue weighted by Gasteiger charge is -2.41. The van der Waals surface area contributed by atoms with Crippen LogP contribution in [0.15, 0.2) is 85.1 Å². The lowest BCUT2D eigenvalue weighted by Crippen LogP contribution is -2.61. The number of aliphatic hydroxyl groups excluding tert-OH is 5. The standard InChI is InChI=1S/C74H131NO10/c1-4-7-10-13-16-19-22-24-26-28-30-32-33-34-36-37-39-41-43-46-49-52-55-58-61-67(78)73(82)75-65(66(77)60-57-54-51-48-45-21-18-15-12-9-6-3)64-83-74-72(71(81)70(80)68(63-76)84-74)85-69(79)62-59-56-53-50-47-44-42-40-38-35-31-29-27-25-23-20-17-14-11-8-5-2/h16-17,19-20,24-27,30,32,34,36,57,60,65-68,70-72,74,76-78,80-81H,4-15,18,21-23,28-29,31,33,35,37-56,58-59,61-64H2,1-3H3,(H,75,82)/b19-16-,20-17-,26-24-,27-25-,32-30-,36-34-,60-57+. The SMILES string of the molecule is CCCCC/C=C\C/C=C\C/C=C\C/C=C\CCCCCCCCCCC(O)C(=O)NC(COC1OC(CO)C(O)C(O)C1OC(=O)CCCCCCCCCCCCC/C=C\C/C=C\CCCCC)C(O)/C=C/CCCCCCCCCCC. The molecule has 0 aromatic carbocycles. The maximum Gasteiger partial charge on any atom is 0.306 e. The summed E-state index contributed by atoms with van der Waals surface area (Å²) >= 11 is 0. The van der Waals surface area contributed by atoms with Gasteiger partial charge in [0, 0.05) is 6.42 Å². The summed E-state index contributed by atoms with van der Waals surface area (Å²) in [4.78, 5) is 26.7. The van der Waals surface area contributed by atoms with E-state index in [0.29, 0.717) is 12.8 Å². The Bertz CT molecular complexity index is 1710. The minimum absolute atomic E-state index is 0.118. The summed E-state index contributed by atoms with van der Waals surface area (Å²) in [6, 6.07) is -1.03. The molecule has 8 atom stereocenters. The minimum atomic E-state index is -1.62. The summed E-state index contributed by atoms with van der Waals surface area (Å²) < 4.78 is 17.7. The Morgan fingerprint density at radius 2 is 0.812 bits per heavy atom. The van der Waals surface area contributed by atoms with Crippen LogP contribution in [0.3, 0.4) is 0 Å². The molecule has 1 amide bonds. The number of amides is 1. The number of esters is 1. The van der Waals surface area contributed by atoms with Gasteiger partial charge < -0.3 is 45.1 Å². The lowest BCUT2D eigenvalue weighted by atomic mass is 9.99. The zero-order chi connectivity index (χ0) is 61.7. The number of hydrogen-bond acceptors (Lipinski definition) is 10. The van der Waals surface area contributed by atoms with Crippen molar-refractivity contribution in [3.05, 3.63) is 85.1 Å². The summed E-state index contributed by atoms with van der Waals surface area (Å²) in [7, 11) is 0. The molecule has 1 aliphatic rings. The summed E-state index contributed by atoms with van der Waals surface area (Å²) in [5.41, 5.74) is 0. The molecule has 8 unspecified atom stereocenters. The maximum atomic E-state index is 13.5. The van der Waals surface area contributed by atoms with Crippen LogP contribution >= 0.6 is 0 Å². The first-order valence-electron chi connectivity index (χ1n) is 35.4. The van der Waals surface area contributed by atoms with Crippen molar-refractivity contribution in [1.82, 2.24) is 5.32 Å². The first-order valence-corrected chi connectivity index (χ1v) is 35.4. The van der Waals surface area contributed by atoms with Gasteiger partial charge in [-0.15, -0.1) is 0 Å². The largest absolute Gasteiger partial charge is 0.454 e. The van der Waals surface area contributed by atoms with Crippen molar-refractivity contribution in [1.29, 1.82) is 0 Å². The number of rotatable bonds is 60. The van der Waals surface area contributed by atoms with Crippen LogP contribution < -0.4 is 5.32 Å². The molecular formula is C74H131NO10. The smallest absolute Gasteiger partial charge is 0.306 e. The molecule has 1 aliphatic heterocycles. The van der Waals surface area contributed by atoms with Crippen molar-refractivity contribution in [3.63, 3.8) is 0 Å². The van der Waals surface area contributed by atoms with Gasteiger partial charge in [-0.25, -0.2) is 0 Å². The van der Waals surface area contributed by atoms with Gasteiger partial charge in [0.25, 0.3) is 0 Å². The van der Waals surface area contributed by atoms with Gasteiger partial charge in [-0.2, -0.15) is 0 Å². The van der Waals surface area contributed by atoms with Gasteiger partial charge in [-0.1, -0.05) is 286 Å². The molecule has 1 heterocycles. The zero-order valence-corrected chi connectivity index (χ0v) is 54.7. The van der Waals surface area contributed by atoms with Gasteiger partial charge in [0.05, 0.1) is 25.4 Å². The van der Waals surface area contributed by atoms with Gasteiger partial charge in [0.15, 0.2) is 12.4 Å². The van der Waals surface area contributed by atoms with E-state index in [1.807, 2.05) is 6.08 Å². The Hall–Kier alpha value is -3.16. The fraction of sp³-hybridized carbons (Fsp3) is 0.784. The molecule has 1 fully saturated rings. The van der Waals surface area contributed by atoms with Gasteiger partial charge in [0.1, 0.15) is 24.4 Å². The number of carbonyl (C=O) groups is 2. The third-order valence-corrected chi connectivity index (χ3v) is 16.3. The summed E-state index contributed by atoms with van der Waals surface area (Å²) in [5, 5.41) is 57.2. The van der Waals surface area contributed by atoms with Gasteiger partial charge >= 0.3 is 5.97 Å². The van der Waals surface area contributed by atoms with E-state index in [1.165, 1.54) is 173 Å². The molecule has 1 rings (SSSR count). The van der Waals surface area contributed by atoms with Gasteiger partial charge in [-0.3, -0.25) is 9.59 Å². The topological polar surface area (TPSA) is 175 Å². The minimum Gasteiger partial charge on any atom is -0.454 e. The fourth-order valence-corrected chi connectivity index (χ4v) is 10.7. The van der Waals surface area contributed by atoms with Crippen molar-refractivity contribution in [2.45, 2.75) is 359 Å². The molecule has 492 valence electrons. The Kier molecular flexibility index (Phi) is 57.4. The van der Waals surface area contributed by atoms with Gasteiger partial charge in [0.2, 0.25) is 5.91 Å². The molecule has 11 heteroatoms. The average Bonchev–Trinajstić information content (AvgIpc) is 3.69. The molecule has 0 aromatic rings. The molecular weight excluding hydrogens is 1060 g/mol. The van der Waals surface area contributed by atoms with Crippen LogP contribution in [0.25, 0.3) is 0 Å². The number of carbonyl (C=O) groups excluding carboxylic acids is 2. The second-order valence-corrected chi connectivity index (χ2v) is 24.3. The van der Waals surface area contributed by atoms with Gasteiger partial charge in [-0.05, 0) is 103 Å². The van der Waals surface area contributed by atoms with Crippen molar-refractivity contribution >= 4 is 11.9 Å². The quantitative estimate of drug-likeness (QED) is 0.0195. The highest BCUT2D eigenvalue weighted by molar-refractivity contribution is 5.80. The highest BCUT2D eigenvalue weighted by atomic mass is 16.7. The van der Waals surface area contributed by atoms with Crippen LogP contribution in [0.4, 0.5) is 0 Å². The van der Waals surface area contributed by atoms with E-state index >= 15 is 0 Å². The molecule has 85 heavy (non-hydrogen) atoms. The molecule has 11 nitrogen and oxygen atoms in total. The van der Waals surface area contributed by atoms with E-state index in [0.717, 1.165) is 89.9 Å². The van der Waals surface area contributed by atoms with Crippen molar-refractivity contribution < 1.29 is 49.3 Å². The number of nitrogens with one attached hydrogen (secondary N) is 1. The zero-order valence-electron chi connectivity index (χ0n) is 54.7. The van der Waals surface area contributed by atoms with E-state index in [9.17, 15) is 35.1 Å². The van der Waals surface area contributed by atoms with E-state index < -0.39 is 67.4 Å². The first-order chi connectivity index (χ1) is 41.7. The Labute approximate surface area is 521 Å². The number of allylic oxidation sites excluding steroid dienone is 13. The van der Waals surface area contributed by atoms with Crippen LogP contribution in [-0.4, -0.2) is 99.6 Å². The summed E-state index contributed by atoms with van der Waals surface area (Å²) in [6.07, 6.45) is 70.4. The molecule has 0 saturated carbocycles. The normalized spacial score (nSPS) is 18.9. The Morgan fingerprint density at radius 3 is 1.24 bits per heavy atom. The summed E-state index contributed by atoms with van der Waals surface area (Å²) in [5.74, 6) is -1.20. The van der Waals surface area contributed by atoms with Crippen LogP contribution in [0, 0.1) is 0 Å². The number of ether oxygens (including phenoxy) is 3. The monoisotopic (exact) mass is 1190 g/mol. The molecule has 0 radical (unpaired) electrons. The molecule has 0 aliphatic carbocycles. The van der Waals surface area contributed by atoms with E-state index in [-0.39, 0.29) is 19.4 Å². The van der Waals surface area contributed by atoms with E-state index in [4.69, 9.17) is 14.2 Å². The summed E-state index contributed by atoms with van der Waals surface area (Å²) in [6.45, 7) is 5.75. The van der Waals surface area contributed by atoms with Crippen LogP contribution in [0.1, 0.15) is 310 Å². The highest BCUT2D eigenvalue weighted by Crippen LogP contribution is 2.26. The predicted molar refractivity (Wildman–Crippen MR) is 356 cm³/mol. The van der Waals surface area contributed by atoms with Crippen molar-refractivity contribution in [2.24, 2.45) is 0 Å². The van der Waals surface area contributed by atoms with E-state index in [1.54, 1.807) is 6.08 Å². The van der Waals surface area contributed by atoms with Crippen LogP contribution in [-0.2, 0) is 23.8 Å². The predicted octanol–water partition coefficient (Wildman–Crippen LogP) is 18.1. The lowest BCUT2D eigenvalue weighted by molar-refractivity contribution is -0.305. The first kappa shape index (κ1) is 79.9. The third-order valence-electron chi connectivity index (χ3n) is 16.3. The number of hydrogen-bond donors (Lipinski definition) is 6. The van der Waals surface area contributed by atoms with Crippen molar-refractivity contribution in [2.75, 3.05) is 13.2 Å². The number of unbranched alkanes of at least 4 members (excludes halogenated alkanes) is 34. The van der Waals surface area contributed by atoms with Crippen LogP contribution in [0.2, 0.25) is 0 Å². The molecule has 6 N–H and O–H groups in total. The third kappa shape index (κ3) is 48.4. The fourth-order valence-electron chi connectivity index (χ4n) is 10.7. The second kappa shape index (κ2) is 61.1. The highest BCUT2D eigenvalue weighted by Gasteiger charge is 2.47. The average molecular weight is 1190 g/mol. The maximum absolute atomic E-state index is 13.5. The Morgan fingerprint density at radius 1 is 0.459 bits per heavy atom.